The summed E-state index contributed by atoms with van der Waals surface area (Å²) in [5, 5.41) is 13.9. The fraction of sp³-hybridized carbons (Fsp3) is 0.750. The Kier molecular flexibility index (Phi) is 3.19. The molecule has 2 rings (SSSR count). The molecule has 0 radical (unpaired) electrons. The first-order valence-electron chi connectivity index (χ1n) is 6.09. The third-order valence-corrected chi connectivity index (χ3v) is 3.20. The van der Waals surface area contributed by atoms with Gasteiger partial charge in [0.25, 0.3) is 0 Å². The van der Waals surface area contributed by atoms with E-state index in [1.165, 1.54) is 12.8 Å². The van der Waals surface area contributed by atoms with Crippen LogP contribution in [0.15, 0.2) is 0 Å². The van der Waals surface area contributed by atoms with Gasteiger partial charge in [0, 0.05) is 25.2 Å². The highest BCUT2D eigenvalue weighted by Crippen LogP contribution is 2.34. The van der Waals surface area contributed by atoms with Gasteiger partial charge in [-0.05, 0) is 26.2 Å². The number of rotatable bonds is 5. The van der Waals surface area contributed by atoms with Gasteiger partial charge in [0.1, 0.15) is 5.82 Å². The van der Waals surface area contributed by atoms with E-state index in [2.05, 4.69) is 16.9 Å². The number of aliphatic hydroxyl groups excluding tert-OH is 1. The van der Waals surface area contributed by atoms with Crippen molar-refractivity contribution in [1.29, 1.82) is 0 Å². The van der Waals surface area contributed by atoms with Gasteiger partial charge >= 0.3 is 0 Å². The van der Waals surface area contributed by atoms with Crippen molar-refractivity contribution in [2.75, 3.05) is 11.4 Å². The third-order valence-electron chi connectivity index (χ3n) is 3.20. The second-order valence-corrected chi connectivity index (χ2v) is 4.59. The van der Waals surface area contributed by atoms with Crippen molar-refractivity contribution in [1.82, 2.24) is 9.78 Å². The average molecular weight is 223 g/mol. The summed E-state index contributed by atoms with van der Waals surface area (Å²) in [7, 11) is 1.96. The lowest BCUT2D eigenvalue weighted by Crippen LogP contribution is -2.29. The van der Waals surface area contributed by atoms with Crippen LogP contribution in [0.5, 0.6) is 0 Å². The predicted molar refractivity (Wildman–Crippen MR) is 64.5 cm³/mol. The first-order valence-corrected chi connectivity index (χ1v) is 6.09. The summed E-state index contributed by atoms with van der Waals surface area (Å²) in [5.41, 5.74) is 1.93. The van der Waals surface area contributed by atoms with E-state index in [0.29, 0.717) is 6.04 Å². The third kappa shape index (κ3) is 1.94. The minimum Gasteiger partial charge on any atom is -0.391 e. The van der Waals surface area contributed by atoms with E-state index in [0.717, 1.165) is 30.0 Å². The fourth-order valence-electron chi connectivity index (χ4n) is 2.32. The molecule has 4 heteroatoms. The lowest BCUT2D eigenvalue weighted by Gasteiger charge is -2.25. The molecular formula is C12H21N3O. The van der Waals surface area contributed by atoms with Crippen LogP contribution in [0.25, 0.3) is 0 Å². The van der Waals surface area contributed by atoms with E-state index in [9.17, 15) is 5.11 Å². The Labute approximate surface area is 96.9 Å². The standard InChI is InChI=1S/C12H21N3O/c1-4-7-15(10-5-6-10)12-11(8-16)9(2)13-14(12)3/h10,16H,4-8H2,1-3H3. The number of anilines is 1. The zero-order chi connectivity index (χ0) is 11.7. The van der Waals surface area contributed by atoms with Gasteiger partial charge in [-0.1, -0.05) is 6.92 Å². The van der Waals surface area contributed by atoms with Gasteiger partial charge < -0.3 is 10.0 Å². The topological polar surface area (TPSA) is 41.3 Å². The van der Waals surface area contributed by atoms with E-state index in [-0.39, 0.29) is 6.61 Å². The van der Waals surface area contributed by atoms with E-state index >= 15 is 0 Å². The monoisotopic (exact) mass is 223 g/mol. The molecule has 1 N–H and O–H groups in total. The molecule has 0 spiro atoms. The Balaban J connectivity index is 2.35. The maximum Gasteiger partial charge on any atom is 0.132 e. The van der Waals surface area contributed by atoms with Gasteiger partial charge in [0.15, 0.2) is 0 Å². The van der Waals surface area contributed by atoms with Crippen LogP contribution < -0.4 is 4.90 Å². The molecular weight excluding hydrogens is 202 g/mol. The molecule has 1 saturated carbocycles. The Hall–Kier alpha value is -1.03. The predicted octanol–water partition coefficient (Wildman–Crippen LogP) is 1.60. The van der Waals surface area contributed by atoms with Crippen molar-refractivity contribution < 1.29 is 5.11 Å². The SMILES string of the molecule is CCCN(c1c(CO)c(C)nn1C)C1CC1. The molecule has 0 amide bonds. The van der Waals surface area contributed by atoms with E-state index in [4.69, 9.17) is 0 Å². The van der Waals surface area contributed by atoms with Gasteiger partial charge in [0.05, 0.1) is 12.3 Å². The molecule has 1 aromatic heterocycles. The van der Waals surface area contributed by atoms with Crippen molar-refractivity contribution in [2.45, 2.75) is 45.8 Å². The number of aromatic nitrogens is 2. The van der Waals surface area contributed by atoms with Crippen LogP contribution in [0.2, 0.25) is 0 Å². The molecule has 1 heterocycles. The van der Waals surface area contributed by atoms with Gasteiger partial charge in [-0.3, -0.25) is 4.68 Å². The highest BCUT2D eigenvalue weighted by Gasteiger charge is 2.32. The Morgan fingerprint density at radius 2 is 2.19 bits per heavy atom. The van der Waals surface area contributed by atoms with Crippen LogP contribution in [-0.2, 0) is 13.7 Å². The highest BCUT2D eigenvalue weighted by atomic mass is 16.3. The molecule has 0 unspecified atom stereocenters. The van der Waals surface area contributed by atoms with Gasteiger partial charge in [0.2, 0.25) is 0 Å². The molecule has 1 fully saturated rings. The van der Waals surface area contributed by atoms with E-state index in [1.807, 2.05) is 18.7 Å². The summed E-state index contributed by atoms with van der Waals surface area (Å²) in [6.07, 6.45) is 3.68. The molecule has 0 bridgehead atoms. The number of aryl methyl sites for hydroxylation is 2. The normalized spacial score (nSPS) is 15.5. The maximum atomic E-state index is 9.45. The summed E-state index contributed by atoms with van der Waals surface area (Å²) in [6.45, 7) is 5.29. The summed E-state index contributed by atoms with van der Waals surface area (Å²) in [4.78, 5) is 2.41. The molecule has 0 aromatic carbocycles. The Morgan fingerprint density at radius 1 is 1.50 bits per heavy atom. The smallest absolute Gasteiger partial charge is 0.132 e. The quantitative estimate of drug-likeness (QED) is 0.824. The summed E-state index contributed by atoms with van der Waals surface area (Å²) in [5.74, 6) is 1.12. The van der Waals surface area contributed by atoms with Crippen LogP contribution >= 0.6 is 0 Å². The lowest BCUT2D eigenvalue weighted by atomic mass is 10.2. The van der Waals surface area contributed by atoms with Crippen LogP contribution in [0.3, 0.4) is 0 Å². The Bertz CT molecular complexity index is 369. The first-order chi connectivity index (χ1) is 7.69. The molecule has 4 nitrogen and oxygen atoms in total. The molecule has 90 valence electrons. The van der Waals surface area contributed by atoms with Gasteiger partial charge in [-0.2, -0.15) is 5.10 Å². The minimum atomic E-state index is 0.0853. The Morgan fingerprint density at radius 3 is 2.69 bits per heavy atom. The molecule has 0 saturated heterocycles. The molecule has 1 aromatic rings. The van der Waals surface area contributed by atoms with Crippen molar-refractivity contribution >= 4 is 5.82 Å². The average Bonchev–Trinajstić information content (AvgIpc) is 3.02. The summed E-state index contributed by atoms with van der Waals surface area (Å²) >= 11 is 0. The number of hydrogen-bond donors (Lipinski definition) is 1. The van der Waals surface area contributed by atoms with E-state index < -0.39 is 0 Å². The maximum absolute atomic E-state index is 9.45. The zero-order valence-corrected chi connectivity index (χ0v) is 10.4. The van der Waals surface area contributed by atoms with Crippen LogP contribution in [0.4, 0.5) is 5.82 Å². The summed E-state index contributed by atoms with van der Waals surface area (Å²) < 4.78 is 1.91. The van der Waals surface area contributed by atoms with Crippen LogP contribution in [-0.4, -0.2) is 27.5 Å². The summed E-state index contributed by atoms with van der Waals surface area (Å²) in [6, 6.07) is 0.667. The molecule has 0 atom stereocenters. The molecule has 16 heavy (non-hydrogen) atoms. The number of aliphatic hydroxyl groups is 1. The van der Waals surface area contributed by atoms with Crippen LogP contribution in [0, 0.1) is 6.92 Å². The van der Waals surface area contributed by atoms with Crippen molar-refractivity contribution in [3.63, 3.8) is 0 Å². The zero-order valence-electron chi connectivity index (χ0n) is 10.4. The second kappa shape index (κ2) is 4.45. The van der Waals surface area contributed by atoms with Gasteiger partial charge in [-0.25, -0.2) is 0 Å². The molecule has 1 aliphatic carbocycles. The number of nitrogens with zero attached hydrogens (tertiary/aromatic N) is 3. The van der Waals surface area contributed by atoms with Gasteiger partial charge in [-0.15, -0.1) is 0 Å². The van der Waals surface area contributed by atoms with Crippen molar-refractivity contribution in [3.05, 3.63) is 11.3 Å². The largest absolute Gasteiger partial charge is 0.391 e. The van der Waals surface area contributed by atoms with Crippen molar-refractivity contribution in [2.24, 2.45) is 7.05 Å². The second-order valence-electron chi connectivity index (χ2n) is 4.59. The molecule has 1 aliphatic rings. The lowest BCUT2D eigenvalue weighted by molar-refractivity contribution is 0.281. The van der Waals surface area contributed by atoms with Crippen LogP contribution in [0.1, 0.15) is 37.4 Å². The molecule has 0 aliphatic heterocycles. The first kappa shape index (κ1) is 11.5. The number of hydrogen-bond acceptors (Lipinski definition) is 3. The van der Waals surface area contributed by atoms with E-state index in [1.54, 1.807) is 0 Å². The van der Waals surface area contributed by atoms with Crippen molar-refractivity contribution in [3.8, 4) is 0 Å². The highest BCUT2D eigenvalue weighted by molar-refractivity contribution is 5.51. The fourth-order valence-corrected chi connectivity index (χ4v) is 2.32. The minimum absolute atomic E-state index is 0.0853.